The van der Waals surface area contributed by atoms with E-state index in [0.29, 0.717) is 25.7 Å². The largest absolute Gasteiger partial charge is 0.487 e. The summed E-state index contributed by atoms with van der Waals surface area (Å²) in [5, 5.41) is 4.26. The number of aromatic nitrogens is 2. The van der Waals surface area contributed by atoms with Gasteiger partial charge < -0.3 is 9.47 Å². The molecule has 1 aromatic heterocycles. The number of hydrogen-bond donors (Lipinski definition) is 0. The first-order chi connectivity index (χ1) is 7.16. The van der Waals surface area contributed by atoms with Gasteiger partial charge in [-0.15, -0.1) is 11.6 Å². The summed E-state index contributed by atoms with van der Waals surface area (Å²) in [6.45, 7) is 5.57. The Balaban J connectivity index is 2.37. The predicted octanol–water partition coefficient (Wildman–Crippen LogP) is 1.67. The molecule has 0 atom stereocenters. The van der Waals surface area contributed by atoms with Crippen molar-refractivity contribution in [3.63, 3.8) is 0 Å². The second kappa shape index (κ2) is 5.98. The van der Waals surface area contributed by atoms with E-state index in [4.69, 9.17) is 21.1 Å². The maximum absolute atomic E-state index is 5.58. The molecule has 0 radical (unpaired) electrons. The van der Waals surface area contributed by atoms with Crippen molar-refractivity contribution in [2.24, 2.45) is 7.05 Å². The standard InChI is InChI=1S/C10H17ClN2O2/c1-8-10(9(2)13(3)12-8)15-7-6-14-5-4-11/h4-7H2,1-3H3. The highest BCUT2D eigenvalue weighted by atomic mass is 35.5. The van der Waals surface area contributed by atoms with Gasteiger partial charge in [-0.05, 0) is 13.8 Å². The molecule has 0 amide bonds. The first-order valence-electron chi connectivity index (χ1n) is 4.93. The molecule has 0 aliphatic rings. The molecule has 0 spiro atoms. The van der Waals surface area contributed by atoms with Crippen molar-refractivity contribution in [1.29, 1.82) is 0 Å². The second-order valence-corrected chi connectivity index (χ2v) is 3.65. The molecule has 5 heteroatoms. The SMILES string of the molecule is Cc1nn(C)c(C)c1OCCOCCCl. The minimum Gasteiger partial charge on any atom is -0.487 e. The van der Waals surface area contributed by atoms with Crippen LogP contribution in [0.15, 0.2) is 0 Å². The van der Waals surface area contributed by atoms with Crippen molar-refractivity contribution in [3.05, 3.63) is 11.4 Å². The van der Waals surface area contributed by atoms with E-state index in [2.05, 4.69) is 5.10 Å². The molecule has 0 fully saturated rings. The molecule has 1 heterocycles. The van der Waals surface area contributed by atoms with E-state index in [1.54, 1.807) is 0 Å². The Morgan fingerprint density at radius 3 is 2.53 bits per heavy atom. The maximum Gasteiger partial charge on any atom is 0.163 e. The van der Waals surface area contributed by atoms with Gasteiger partial charge in [0.1, 0.15) is 12.3 Å². The first kappa shape index (κ1) is 12.3. The van der Waals surface area contributed by atoms with Gasteiger partial charge >= 0.3 is 0 Å². The zero-order valence-corrected chi connectivity index (χ0v) is 10.2. The molecular weight excluding hydrogens is 216 g/mol. The van der Waals surface area contributed by atoms with E-state index in [9.17, 15) is 0 Å². The minimum absolute atomic E-state index is 0.519. The van der Waals surface area contributed by atoms with Crippen LogP contribution in [0.3, 0.4) is 0 Å². The van der Waals surface area contributed by atoms with Gasteiger partial charge in [-0.1, -0.05) is 0 Å². The third kappa shape index (κ3) is 3.39. The average molecular weight is 233 g/mol. The van der Waals surface area contributed by atoms with Crippen LogP contribution in [0.4, 0.5) is 0 Å². The van der Waals surface area contributed by atoms with Crippen molar-refractivity contribution in [2.75, 3.05) is 25.7 Å². The quantitative estimate of drug-likeness (QED) is 0.553. The molecule has 0 aliphatic heterocycles. The highest BCUT2D eigenvalue weighted by Gasteiger charge is 2.09. The van der Waals surface area contributed by atoms with Gasteiger partial charge in [0.2, 0.25) is 0 Å². The van der Waals surface area contributed by atoms with Crippen LogP contribution >= 0.6 is 11.6 Å². The highest BCUT2D eigenvalue weighted by Crippen LogP contribution is 2.20. The van der Waals surface area contributed by atoms with Crippen LogP contribution in [0.2, 0.25) is 0 Å². The predicted molar refractivity (Wildman–Crippen MR) is 59.7 cm³/mol. The van der Waals surface area contributed by atoms with Crippen molar-refractivity contribution in [2.45, 2.75) is 13.8 Å². The number of alkyl halides is 1. The van der Waals surface area contributed by atoms with Crippen LogP contribution in [-0.2, 0) is 11.8 Å². The molecule has 0 saturated carbocycles. The summed E-state index contributed by atoms with van der Waals surface area (Å²) in [5.74, 6) is 1.37. The van der Waals surface area contributed by atoms with E-state index >= 15 is 0 Å². The number of rotatable bonds is 6. The fourth-order valence-corrected chi connectivity index (χ4v) is 1.43. The van der Waals surface area contributed by atoms with Crippen LogP contribution in [0.5, 0.6) is 5.75 Å². The monoisotopic (exact) mass is 232 g/mol. The Morgan fingerprint density at radius 2 is 2.00 bits per heavy atom. The molecule has 15 heavy (non-hydrogen) atoms. The fourth-order valence-electron chi connectivity index (χ4n) is 1.32. The molecule has 4 nitrogen and oxygen atoms in total. The molecule has 1 aromatic rings. The molecule has 0 unspecified atom stereocenters. The fraction of sp³-hybridized carbons (Fsp3) is 0.700. The second-order valence-electron chi connectivity index (χ2n) is 3.27. The molecule has 0 aromatic carbocycles. The Morgan fingerprint density at radius 1 is 1.27 bits per heavy atom. The molecular formula is C10H17ClN2O2. The van der Waals surface area contributed by atoms with Gasteiger partial charge in [0, 0.05) is 12.9 Å². The number of aryl methyl sites for hydroxylation is 2. The molecule has 0 N–H and O–H groups in total. The van der Waals surface area contributed by atoms with E-state index in [1.165, 1.54) is 0 Å². The summed E-state index contributed by atoms with van der Waals surface area (Å²) in [6.07, 6.45) is 0. The molecule has 1 rings (SSSR count). The summed E-state index contributed by atoms with van der Waals surface area (Å²) in [5.41, 5.74) is 1.94. The Bertz CT molecular complexity index is 313. The van der Waals surface area contributed by atoms with Crippen LogP contribution in [0.1, 0.15) is 11.4 Å². The van der Waals surface area contributed by atoms with Crippen molar-refractivity contribution in [3.8, 4) is 5.75 Å². The molecule has 0 bridgehead atoms. The normalized spacial score (nSPS) is 10.7. The molecule has 86 valence electrons. The summed E-state index contributed by atoms with van der Waals surface area (Å²) < 4.78 is 12.6. The van der Waals surface area contributed by atoms with Gasteiger partial charge in [-0.2, -0.15) is 5.10 Å². The lowest BCUT2D eigenvalue weighted by Gasteiger charge is -2.06. The summed E-state index contributed by atoms with van der Waals surface area (Å²) >= 11 is 5.47. The van der Waals surface area contributed by atoms with Gasteiger partial charge in [0.05, 0.1) is 18.9 Å². The van der Waals surface area contributed by atoms with Crippen molar-refractivity contribution in [1.82, 2.24) is 9.78 Å². The van der Waals surface area contributed by atoms with E-state index in [0.717, 1.165) is 17.1 Å². The smallest absolute Gasteiger partial charge is 0.163 e. The summed E-state index contributed by atoms with van der Waals surface area (Å²) in [7, 11) is 1.90. The number of hydrogen-bond acceptors (Lipinski definition) is 3. The van der Waals surface area contributed by atoms with Crippen LogP contribution < -0.4 is 4.74 Å². The lowest BCUT2D eigenvalue weighted by atomic mass is 10.3. The third-order valence-electron chi connectivity index (χ3n) is 2.14. The lowest BCUT2D eigenvalue weighted by Crippen LogP contribution is -2.08. The Hall–Kier alpha value is -0.740. The van der Waals surface area contributed by atoms with E-state index in [1.807, 2.05) is 25.6 Å². The van der Waals surface area contributed by atoms with Gasteiger partial charge in [-0.3, -0.25) is 4.68 Å². The molecule has 0 saturated heterocycles. The number of ether oxygens (including phenoxy) is 2. The van der Waals surface area contributed by atoms with Crippen LogP contribution in [0, 0.1) is 13.8 Å². The maximum atomic E-state index is 5.58. The molecule has 0 aliphatic carbocycles. The lowest BCUT2D eigenvalue weighted by molar-refractivity contribution is 0.111. The first-order valence-corrected chi connectivity index (χ1v) is 5.47. The van der Waals surface area contributed by atoms with Gasteiger partial charge in [-0.25, -0.2) is 0 Å². The van der Waals surface area contributed by atoms with E-state index < -0.39 is 0 Å². The van der Waals surface area contributed by atoms with Crippen LogP contribution in [-0.4, -0.2) is 35.5 Å². The Labute approximate surface area is 95.1 Å². The number of nitrogens with zero attached hydrogens (tertiary/aromatic N) is 2. The number of halogens is 1. The van der Waals surface area contributed by atoms with Gasteiger partial charge in [0.15, 0.2) is 5.75 Å². The summed E-state index contributed by atoms with van der Waals surface area (Å²) in [6, 6.07) is 0. The zero-order chi connectivity index (χ0) is 11.3. The third-order valence-corrected chi connectivity index (χ3v) is 2.29. The highest BCUT2D eigenvalue weighted by molar-refractivity contribution is 6.17. The minimum atomic E-state index is 0.519. The zero-order valence-electron chi connectivity index (χ0n) is 9.42. The average Bonchev–Trinajstić information content (AvgIpc) is 2.44. The van der Waals surface area contributed by atoms with Crippen molar-refractivity contribution < 1.29 is 9.47 Å². The van der Waals surface area contributed by atoms with Crippen LogP contribution in [0.25, 0.3) is 0 Å². The van der Waals surface area contributed by atoms with E-state index in [-0.39, 0.29) is 0 Å². The van der Waals surface area contributed by atoms with Crippen molar-refractivity contribution >= 4 is 11.6 Å². The van der Waals surface area contributed by atoms with Gasteiger partial charge in [0.25, 0.3) is 0 Å². The topological polar surface area (TPSA) is 36.3 Å². The Kier molecular flexibility index (Phi) is 4.91. The summed E-state index contributed by atoms with van der Waals surface area (Å²) in [4.78, 5) is 0.